The molecule has 3 heterocycles. The van der Waals surface area contributed by atoms with Crippen molar-refractivity contribution in [3.05, 3.63) is 71.7 Å². The molecule has 2 N–H and O–H groups in total. The van der Waals surface area contributed by atoms with Crippen LogP contribution in [0.4, 0.5) is 0 Å². The van der Waals surface area contributed by atoms with Crippen LogP contribution in [-0.4, -0.2) is 64.2 Å². The summed E-state index contributed by atoms with van der Waals surface area (Å²) >= 11 is 0. The van der Waals surface area contributed by atoms with E-state index in [9.17, 15) is 15.0 Å². The van der Waals surface area contributed by atoms with Gasteiger partial charge in [0.25, 0.3) is 0 Å². The van der Waals surface area contributed by atoms with Crippen molar-refractivity contribution < 1.29 is 19.4 Å². The van der Waals surface area contributed by atoms with E-state index in [-0.39, 0.29) is 17.4 Å². The number of phenolic OH excluding ortho intramolecular Hbond substituents is 1. The average molecular weight is 417 g/mol. The molecule has 5 rings (SSSR count). The molecule has 0 radical (unpaired) electrons. The van der Waals surface area contributed by atoms with Crippen molar-refractivity contribution in [2.45, 2.75) is 6.04 Å². The molecule has 0 bridgehead atoms. The Labute approximate surface area is 179 Å². The maximum absolute atomic E-state index is 12.1. The number of hydrogen-bond acceptors (Lipinski definition) is 6. The molecule has 7 heteroatoms. The summed E-state index contributed by atoms with van der Waals surface area (Å²) < 4.78 is 5.78. The molecule has 0 amide bonds. The molecule has 1 aliphatic heterocycles. The molecule has 1 fully saturated rings. The predicted molar refractivity (Wildman–Crippen MR) is 117 cm³/mol. The van der Waals surface area contributed by atoms with Gasteiger partial charge in [0.05, 0.1) is 6.04 Å². The molecule has 1 atom stereocenters. The van der Waals surface area contributed by atoms with Crippen molar-refractivity contribution in [1.82, 2.24) is 14.8 Å². The van der Waals surface area contributed by atoms with Gasteiger partial charge < -0.3 is 19.5 Å². The second-order valence-electron chi connectivity index (χ2n) is 7.99. The van der Waals surface area contributed by atoms with Crippen LogP contribution in [0.5, 0.6) is 5.75 Å². The molecule has 2 aromatic heterocycles. The molecule has 2 aromatic carbocycles. The standard InChI is InChI=1S/C24H23N3O4/c1-26-10-12-27(13-11-26)21(15-6-8-25-9-7-15)20-19-18(24(29)30)14-31-23(19)17-5-3-2-4-16(17)22(20)28/h2-9,14,21,28H,10-13H2,1H3,(H,29,30). The molecule has 0 spiro atoms. The number of likely N-dealkylation sites (N-methyl/N-ethyl adjacent to an activating group) is 1. The molecule has 31 heavy (non-hydrogen) atoms. The molecule has 1 saturated heterocycles. The van der Waals surface area contributed by atoms with Gasteiger partial charge in [-0.2, -0.15) is 0 Å². The van der Waals surface area contributed by atoms with Crippen LogP contribution in [0.25, 0.3) is 21.7 Å². The van der Waals surface area contributed by atoms with Crippen molar-refractivity contribution in [1.29, 1.82) is 0 Å². The number of aromatic nitrogens is 1. The Balaban J connectivity index is 1.85. The van der Waals surface area contributed by atoms with Crippen LogP contribution in [0.1, 0.15) is 27.5 Å². The number of nitrogens with zero attached hydrogens (tertiary/aromatic N) is 3. The predicted octanol–water partition coefficient (Wildman–Crippen LogP) is 3.72. The number of piperazine rings is 1. The Bertz CT molecular complexity index is 1260. The van der Waals surface area contributed by atoms with Crippen LogP contribution < -0.4 is 0 Å². The van der Waals surface area contributed by atoms with E-state index >= 15 is 0 Å². The summed E-state index contributed by atoms with van der Waals surface area (Å²) in [4.78, 5) is 20.8. The first-order chi connectivity index (χ1) is 15.1. The van der Waals surface area contributed by atoms with E-state index < -0.39 is 5.97 Å². The number of carboxylic acid groups (broad SMARTS) is 1. The number of pyridine rings is 1. The van der Waals surface area contributed by atoms with Crippen molar-refractivity contribution in [3.63, 3.8) is 0 Å². The van der Waals surface area contributed by atoms with Crippen LogP contribution in [0, 0.1) is 0 Å². The molecule has 158 valence electrons. The lowest BCUT2D eigenvalue weighted by Gasteiger charge is -2.39. The van der Waals surface area contributed by atoms with E-state index in [0.29, 0.717) is 27.3 Å². The lowest BCUT2D eigenvalue weighted by molar-refractivity contribution is 0.0697. The summed E-state index contributed by atoms with van der Waals surface area (Å²) in [5, 5.41) is 23.2. The lowest BCUT2D eigenvalue weighted by Crippen LogP contribution is -2.46. The van der Waals surface area contributed by atoms with Crippen LogP contribution in [0.3, 0.4) is 0 Å². The second-order valence-corrected chi connectivity index (χ2v) is 7.99. The topological polar surface area (TPSA) is 90.0 Å². The third-order valence-electron chi connectivity index (χ3n) is 6.17. The average Bonchev–Trinajstić information content (AvgIpc) is 3.23. The van der Waals surface area contributed by atoms with Crippen LogP contribution in [0.15, 0.2) is 59.5 Å². The zero-order valence-corrected chi connectivity index (χ0v) is 17.2. The van der Waals surface area contributed by atoms with Gasteiger partial charge in [-0.25, -0.2) is 4.79 Å². The molecule has 1 unspecified atom stereocenters. The number of benzene rings is 2. The van der Waals surface area contributed by atoms with Gasteiger partial charge >= 0.3 is 5.97 Å². The molecule has 0 aliphatic carbocycles. The van der Waals surface area contributed by atoms with Gasteiger partial charge in [0.1, 0.15) is 23.2 Å². The second kappa shape index (κ2) is 7.68. The van der Waals surface area contributed by atoms with Crippen molar-refractivity contribution in [3.8, 4) is 5.75 Å². The van der Waals surface area contributed by atoms with E-state index in [1.165, 1.54) is 6.26 Å². The minimum atomic E-state index is -1.08. The Kier molecular flexibility index (Phi) is 4.84. The number of hydrogen-bond donors (Lipinski definition) is 2. The fourth-order valence-corrected chi connectivity index (χ4v) is 4.58. The summed E-state index contributed by atoms with van der Waals surface area (Å²) in [5.41, 5.74) is 2.05. The number of aromatic carboxylic acids is 1. The largest absolute Gasteiger partial charge is 0.507 e. The third kappa shape index (κ3) is 3.22. The zero-order valence-electron chi connectivity index (χ0n) is 17.2. The van der Waals surface area contributed by atoms with E-state index in [0.717, 1.165) is 31.7 Å². The maximum Gasteiger partial charge on any atom is 0.339 e. The number of rotatable bonds is 4. The van der Waals surface area contributed by atoms with Crippen LogP contribution >= 0.6 is 0 Å². The molecule has 4 aromatic rings. The van der Waals surface area contributed by atoms with E-state index in [4.69, 9.17) is 4.42 Å². The lowest BCUT2D eigenvalue weighted by atomic mass is 9.89. The van der Waals surface area contributed by atoms with Gasteiger partial charge in [0.2, 0.25) is 0 Å². The molecule has 0 saturated carbocycles. The summed E-state index contributed by atoms with van der Waals surface area (Å²) in [5.74, 6) is -0.991. The number of phenols is 1. The first-order valence-electron chi connectivity index (χ1n) is 10.3. The monoisotopic (exact) mass is 417 g/mol. The quantitative estimate of drug-likeness (QED) is 0.523. The summed E-state index contributed by atoms with van der Waals surface area (Å²) in [6.45, 7) is 3.35. The summed E-state index contributed by atoms with van der Waals surface area (Å²) in [6.07, 6.45) is 4.72. The number of aromatic hydroxyl groups is 1. The smallest absolute Gasteiger partial charge is 0.339 e. The fourth-order valence-electron chi connectivity index (χ4n) is 4.58. The van der Waals surface area contributed by atoms with Crippen LogP contribution in [-0.2, 0) is 0 Å². The molecular formula is C24H23N3O4. The summed E-state index contributed by atoms with van der Waals surface area (Å²) in [6, 6.07) is 10.9. The number of carbonyl (C=O) groups is 1. The fraction of sp³-hybridized carbons (Fsp3) is 0.250. The highest BCUT2D eigenvalue weighted by Crippen LogP contribution is 2.46. The number of carboxylic acids is 1. The number of fused-ring (bicyclic) bond motifs is 3. The van der Waals surface area contributed by atoms with E-state index in [2.05, 4.69) is 21.8 Å². The Morgan fingerprint density at radius 3 is 2.42 bits per heavy atom. The van der Waals surface area contributed by atoms with Gasteiger partial charge in [-0.1, -0.05) is 24.3 Å². The van der Waals surface area contributed by atoms with Gasteiger partial charge in [0.15, 0.2) is 0 Å². The molecule has 7 nitrogen and oxygen atoms in total. The van der Waals surface area contributed by atoms with Gasteiger partial charge in [-0.15, -0.1) is 0 Å². The van der Waals surface area contributed by atoms with Crippen LogP contribution in [0.2, 0.25) is 0 Å². The SMILES string of the molecule is CN1CCN(C(c2ccncc2)c2c(O)c3ccccc3c3occ(C(=O)O)c23)CC1. The van der Waals surface area contributed by atoms with Crippen molar-refractivity contribution in [2.24, 2.45) is 0 Å². The molecular weight excluding hydrogens is 394 g/mol. The highest BCUT2D eigenvalue weighted by molar-refractivity contribution is 6.15. The van der Waals surface area contributed by atoms with E-state index in [1.54, 1.807) is 12.4 Å². The Morgan fingerprint density at radius 1 is 1.06 bits per heavy atom. The first-order valence-corrected chi connectivity index (χ1v) is 10.3. The number of furan rings is 1. The van der Waals surface area contributed by atoms with Gasteiger partial charge in [-0.05, 0) is 24.7 Å². The highest BCUT2D eigenvalue weighted by Gasteiger charge is 2.33. The van der Waals surface area contributed by atoms with Gasteiger partial charge in [-0.3, -0.25) is 9.88 Å². The zero-order chi connectivity index (χ0) is 21.5. The van der Waals surface area contributed by atoms with E-state index in [1.807, 2.05) is 36.4 Å². The Hall–Kier alpha value is -3.42. The third-order valence-corrected chi connectivity index (χ3v) is 6.17. The van der Waals surface area contributed by atoms with Crippen molar-refractivity contribution >= 4 is 27.7 Å². The minimum Gasteiger partial charge on any atom is -0.507 e. The normalized spacial score (nSPS) is 16.7. The first kappa shape index (κ1) is 19.5. The molecule has 1 aliphatic rings. The van der Waals surface area contributed by atoms with Crippen molar-refractivity contribution in [2.75, 3.05) is 33.2 Å². The minimum absolute atomic E-state index is 0.0548. The van der Waals surface area contributed by atoms with Gasteiger partial charge in [0, 0.05) is 60.3 Å². The highest BCUT2D eigenvalue weighted by atomic mass is 16.4. The maximum atomic E-state index is 12.1. The Morgan fingerprint density at radius 2 is 1.74 bits per heavy atom. The summed E-state index contributed by atoms with van der Waals surface area (Å²) in [7, 11) is 2.09.